The molecule has 1 aliphatic rings. The molecule has 0 N–H and O–H groups in total. The number of aromatic nitrogens is 4. The summed E-state index contributed by atoms with van der Waals surface area (Å²) < 4.78 is 60.4. The maximum absolute atomic E-state index is 14.4. The van der Waals surface area contributed by atoms with Crippen LogP contribution >= 0.6 is 0 Å². The number of anilines is 1. The third-order valence-electron chi connectivity index (χ3n) is 5.48. The molecule has 0 unspecified atom stereocenters. The van der Waals surface area contributed by atoms with E-state index < -0.39 is 30.5 Å². The fraction of sp³-hybridized carbons (Fsp3) is 0.364. The summed E-state index contributed by atoms with van der Waals surface area (Å²) in [6, 6.07) is 4.88. The van der Waals surface area contributed by atoms with Crippen LogP contribution < -0.4 is 4.90 Å². The number of hydrogen-bond acceptors (Lipinski definition) is 5. The number of cyclic esters (lactones) is 1. The van der Waals surface area contributed by atoms with E-state index in [0.29, 0.717) is 11.4 Å². The summed E-state index contributed by atoms with van der Waals surface area (Å²) in [5.41, 5.74) is 1.28. The van der Waals surface area contributed by atoms with E-state index in [1.807, 2.05) is 6.92 Å². The van der Waals surface area contributed by atoms with Gasteiger partial charge >= 0.3 is 6.09 Å². The molecule has 1 aromatic carbocycles. The van der Waals surface area contributed by atoms with Crippen molar-refractivity contribution in [1.29, 1.82) is 0 Å². The molecule has 3 heterocycles. The summed E-state index contributed by atoms with van der Waals surface area (Å²) >= 11 is 0. The first-order valence-corrected chi connectivity index (χ1v) is 10.3. The number of halogens is 4. The maximum Gasteiger partial charge on any atom is 0.416 e. The van der Waals surface area contributed by atoms with E-state index >= 15 is 0 Å². The third kappa shape index (κ3) is 4.67. The summed E-state index contributed by atoms with van der Waals surface area (Å²) in [4.78, 5) is 25.5. The van der Waals surface area contributed by atoms with E-state index in [-0.39, 0.29) is 36.2 Å². The molecular weight excluding hydrogens is 442 g/mol. The van der Waals surface area contributed by atoms with Crippen molar-refractivity contribution >= 4 is 11.9 Å². The minimum atomic E-state index is -2.54. The smallest absolute Gasteiger partial charge is 0.416 e. The van der Waals surface area contributed by atoms with Gasteiger partial charge in [0.1, 0.15) is 24.6 Å². The fourth-order valence-corrected chi connectivity index (χ4v) is 3.58. The Hall–Kier alpha value is -3.50. The van der Waals surface area contributed by atoms with Crippen LogP contribution in [0.15, 0.2) is 43.0 Å². The van der Waals surface area contributed by atoms with Gasteiger partial charge in [-0.05, 0) is 19.1 Å². The van der Waals surface area contributed by atoms with Gasteiger partial charge in [-0.1, -0.05) is 19.1 Å². The first-order chi connectivity index (χ1) is 15.7. The van der Waals surface area contributed by atoms with Gasteiger partial charge in [0, 0.05) is 29.8 Å². The molecule has 2 aromatic heterocycles. The van der Waals surface area contributed by atoms with E-state index in [1.54, 1.807) is 29.2 Å². The highest BCUT2D eigenvalue weighted by Crippen LogP contribution is 2.28. The molecule has 11 heteroatoms. The Labute approximate surface area is 187 Å². The number of nitrogens with zero attached hydrogens (tertiary/aromatic N) is 5. The molecule has 1 aliphatic heterocycles. The van der Waals surface area contributed by atoms with Crippen molar-refractivity contribution in [2.75, 3.05) is 11.5 Å². The van der Waals surface area contributed by atoms with E-state index in [9.17, 15) is 22.4 Å². The molecule has 4 rings (SSSR count). The molecule has 0 bridgehead atoms. The SMILES string of the molecule is C[C@H](Cc1ncc(F)c(N2C(=O)OC[C@@H]2[C@H](C)F)n1)c1cn(-c2ccc(C(F)F)cc2)cn1. The number of ether oxygens (including phenoxy) is 1. The summed E-state index contributed by atoms with van der Waals surface area (Å²) in [7, 11) is 0. The molecule has 1 amide bonds. The Kier molecular flexibility index (Phi) is 6.30. The molecule has 33 heavy (non-hydrogen) atoms. The first kappa shape index (κ1) is 22.7. The van der Waals surface area contributed by atoms with Crippen molar-refractivity contribution in [3.05, 3.63) is 65.9 Å². The predicted molar refractivity (Wildman–Crippen MR) is 111 cm³/mol. The first-order valence-electron chi connectivity index (χ1n) is 10.3. The molecular formula is C22H21F4N5O2. The second-order valence-corrected chi connectivity index (χ2v) is 7.85. The molecule has 174 valence electrons. The Bertz CT molecular complexity index is 1140. The minimum absolute atomic E-state index is 0.0667. The van der Waals surface area contributed by atoms with Crippen molar-refractivity contribution in [2.24, 2.45) is 0 Å². The van der Waals surface area contributed by atoms with Crippen molar-refractivity contribution in [1.82, 2.24) is 19.5 Å². The van der Waals surface area contributed by atoms with Gasteiger partial charge in [0.15, 0.2) is 11.6 Å². The van der Waals surface area contributed by atoms with Crippen molar-refractivity contribution < 1.29 is 27.1 Å². The van der Waals surface area contributed by atoms with Crippen LogP contribution in [0.4, 0.5) is 28.2 Å². The summed E-state index contributed by atoms with van der Waals surface area (Å²) in [6.45, 7) is 2.94. The van der Waals surface area contributed by atoms with Crippen LogP contribution in [0.2, 0.25) is 0 Å². The number of hydrogen-bond donors (Lipinski definition) is 0. The van der Waals surface area contributed by atoms with E-state index in [1.165, 1.54) is 19.1 Å². The molecule has 0 saturated carbocycles. The number of carbonyl (C=O) groups is 1. The zero-order chi connectivity index (χ0) is 23.7. The zero-order valence-electron chi connectivity index (χ0n) is 17.8. The topological polar surface area (TPSA) is 73.1 Å². The van der Waals surface area contributed by atoms with Gasteiger partial charge in [0.05, 0.1) is 18.2 Å². The minimum Gasteiger partial charge on any atom is -0.447 e. The maximum atomic E-state index is 14.4. The van der Waals surface area contributed by atoms with Gasteiger partial charge in [0.2, 0.25) is 0 Å². The average molecular weight is 463 g/mol. The molecule has 0 spiro atoms. The zero-order valence-corrected chi connectivity index (χ0v) is 17.8. The Balaban J connectivity index is 1.52. The van der Waals surface area contributed by atoms with Crippen molar-refractivity contribution in [2.45, 2.75) is 44.8 Å². The Morgan fingerprint density at radius 1 is 1.15 bits per heavy atom. The molecule has 3 atom stereocenters. The number of carbonyl (C=O) groups excluding carboxylic acids is 1. The van der Waals surface area contributed by atoms with Gasteiger partial charge in [-0.2, -0.15) is 0 Å². The number of amides is 1. The largest absolute Gasteiger partial charge is 0.447 e. The number of rotatable bonds is 7. The second-order valence-electron chi connectivity index (χ2n) is 7.85. The van der Waals surface area contributed by atoms with Crippen LogP contribution in [0.5, 0.6) is 0 Å². The second kappa shape index (κ2) is 9.16. The van der Waals surface area contributed by atoms with Crippen LogP contribution in [0.25, 0.3) is 5.69 Å². The van der Waals surface area contributed by atoms with Crippen molar-refractivity contribution in [3.63, 3.8) is 0 Å². The number of imidazole rings is 1. The third-order valence-corrected chi connectivity index (χ3v) is 5.48. The van der Waals surface area contributed by atoms with Gasteiger partial charge in [0.25, 0.3) is 6.43 Å². The number of alkyl halides is 3. The highest BCUT2D eigenvalue weighted by atomic mass is 19.3. The summed E-state index contributed by atoms with van der Waals surface area (Å²) in [5.74, 6) is -1.12. The van der Waals surface area contributed by atoms with Crippen molar-refractivity contribution in [3.8, 4) is 5.69 Å². The lowest BCUT2D eigenvalue weighted by molar-refractivity contribution is 0.151. The molecule has 3 aromatic rings. The Morgan fingerprint density at radius 2 is 1.88 bits per heavy atom. The number of benzene rings is 1. The molecule has 0 radical (unpaired) electrons. The lowest BCUT2D eigenvalue weighted by Crippen LogP contribution is -2.40. The normalized spacial score (nSPS) is 18.0. The van der Waals surface area contributed by atoms with E-state index in [4.69, 9.17) is 4.74 Å². The molecule has 0 aliphatic carbocycles. The predicted octanol–water partition coefficient (Wildman–Crippen LogP) is 4.77. The highest BCUT2D eigenvalue weighted by Gasteiger charge is 2.40. The quantitative estimate of drug-likeness (QED) is 0.472. The molecule has 1 saturated heterocycles. The average Bonchev–Trinajstić information content (AvgIpc) is 3.42. The van der Waals surface area contributed by atoms with Crippen LogP contribution in [-0.2, 0) is 11.2 Å². The van der Waals surface area contributed by atoms with E-state index in [0.717, 1.165) is 11.1 Å². The summed E-state index contributed by atoms with van der Waals surface area (Å²) in [5, 5.41) is 0. The fourth-order valence-electron chi connectivity index (χ4n) is 3.58. The van der Waals surface area contributed by atoms with Gasteiger partial charge in [-0.25, -0.2) is 42.2 Å². The van der Waals surface area contributed by atoms with E-state index in [2.05, 4.69) is 15.0 Å². The lowest BCUT2D eigenvalue weighted by Gasteiger charge is -2.22. The van der Waals surface area contributed by atoms with Gasteiger partial charge in [-0.15, -0.1) is 0 Å². The van der Waals surface area contributed by atoms with Crippen LogP contribution in [0, 0.1) is 5.82 Å². The monoisotopic (exact) mass is 463 g/mol. The Morgan fingerprint density at radius 3 is 2.55 bits per heavy atom. The summed E-state index contributed by atoms with van der Waals surface area (Å²) in [6.07, 6.45) is -0.306. The lowest BCUT2D eigenvalue weighted by atomic mass is 10.0. The van der Waals surface area contributed by atoms with Gasteiger partial charge < -0.3 is 9.30 Å². The highest BCUT2D eigenvalue weighted by molar-refractivity contribution is 5.89. The van der Waals surface area contributed by atoms with Gasteiger partial charge in [-0.3, -0.25) is 0 Å². The standard InChI is InChI=1S/C22H21F4N5O2/c1-12(17-9-30(11-28-17)15-5-3-14(4-6-15)20(25)26)7-19-27-8-16(24)21(29-19)31-18(13(2)23)10-33-22(31)32/h3-6,8-9,11-13,18,20H,7,10H2,1-2H3/t12-,13+,18-/m1/s1. The van der Waals surface area contributed by atoms with Crippen LogP contribution in [0.3, 0.4) is 0 Å². The molecule has 1 fully saturated rings. The molecule has 7 nitrogen and oxygen atoms in total. The van der Waals surface area contributed by atoms with Crippen LogP contribution in [0.1, 0.15) is 43.3 Å². The van der Waals surface area contributed by atoms with Crippen LogP contribution in [-0.4, -0.2) is 44.4 Å².